The van der Waals surface area contributed by atoms with E-state index in [0.29, 0.717) is 11.5 Å². The highest BCUT2D eigenvalue weighted by Crippen LogP contribution is 2.47. The van der Waals surface area contributed by atoms with Gasteiger partial charge in [-0.1, -0.05) is 59.0 Å². The largest absolute Gasteiger partial charge is 0.335 e. The van der Waals surface area contributed by atoms with E-state index in [0.717, 1.165) is 43.9 Å². The Morgan fingerprint density at radius 2 is 1.90 bits per heavy atom. The maximum Gasteiger partial charge on any atom is 0.255 e. The molecular formula is C23H23F2IN2OS. The lowest BCUT2D eigenvalue weighted by Crippen LogP contribution is -2.33. The van der Waals surface area contributed by atoms with Gasteiger partial charge in [0.1, 0.15) is 0 Å². The number of hydrogen-bond acceptors (Lipinski definition) is 2. The smallest absolute Gasteiger partial charge is 0.255 e. The molecule has 2 aliphatic rings. The van der Waals surface area contributed by atoms with Gasteiger partial charge >= 0.3 is 0 Å². The number of benzene rings is 1. The Labute approximate surface area is 192 Å². The van der Waals surface area contributed by atoms with Crippen LogP contribution in [0.4, 0.5) is 8.78 Å². The molecule has 2 aliphatic carbocycles. The van der Waals surface area contributed by atoms with Crippen molar-refractivity contribution in [3.63, 3.8) is 0 Å². The summed E-state index contributed by atoms with van der Waals surface area (Å²) in [5, 5.41) is 0. The second-order valence-corrected chi connectivity index (χ2v) is 10.6. The molecular weight excluding hydrogens is 517 g/mol. The van der Waals surface area contributed by atoms with Crippen LogP contribution < -0.4 is 5.56 Å². The summed E-state index contributed by atoms with van der Waals surface area (Å²) in [5.41, 5.74) is 1.06. The normalized spacial score (nSPS) is 26.1. The molecule has 0 amide bonds. The Morgan fingerprint density at radius 1 is 1.13 bits per heavy atom. The van der Waals surface area contributed by atoms with Crippen LogP contribution in [0.1, 0.15) is 54.8 Å². The van der Waals surface area contributed by atoms with E-state index in [1.54, 1.807) is 0 Å². The number of nitrogens with one attached hydrogen (secondary N) is 2. The van der Waals surface area contributed by atoms with Gasteiger partial charge in [0.15, 0.2) is 16.4 Å². The van der Waals surface area contributed by atoms with Gasteiger partial charge in [-0.25, -0.2) is 8.78 Å². The molecule has 0 radical (unpaired) electrons. The highest BCUT2D eigenvalue weighted by Gasteiger charge is 2.37. The van der Waals surface area contributed by atoms with Crippen LogP contribution in [0.2, 0.25) is 0 Å². The zero-order valence-corrected chi connectivity index (χ0v) is 19.4. The summed E-state index contributed by atoms with van der Waals surface area (Å²) in [6, 6.07) is 4.06. The van der Waals surface area contributed by atoms with Gasteiger partial charge in [-0.15, -0.1) is 0 Å². The number of aromatic nitrogens is 2. The van der Waals surface area contributed by atoms with E-state index >= 15 is 0 Å². The van der Waals surface area contributed by atoms with Crippen LogP contribution in [0.3, 0.4) is 0 Å². The summed E-state index contributed by atoms with van der Waals surface area (Å²) in [5.74, 6) is -1.08. The van der Waals surface area contributed by atoms with Gasteiger partial charge in [0.05, 0.1) is 0 Å². The second-order valence-electron chi connectivity index (χ2n) is 8.16. The average Bonchev–Trinajstić information content (AvgIpc) is 2.73. The summed E-state index contributed by atoms with van der Waals surface area (Å²) in [6.07, 6.45) is 13.8. The minimum atomic E-state index is -0.906. The molecule has 3 nitrogen and oxygen atoms in total. The number of rotatable bonds is 4. The van der Waals surface area contributed by atoms with Crippen molar-refractivity contribution in [3.05, 3.63) is 86.1 Å². The van der Waals surface area contributed by atoms with Crippen molar-refractivity contribution in [1.29, 1.82) is 0 Å². The van der Waals surface area contributed by atoms with E-state index in [9.17, 15) is 13.6 Å². The van der Waals surface area contributed by atoms with Gasteiger partial charge < -0.3 is 4.98 Å². The Bertz CT molecular complexity index is 1110. The van der Waals surface area contributed by atoms with Gasteiger partial charge in [-0.05, 0) is 67.8 Å². The zero-order valence-electron chi connectivity index (χ0n) is 16.4. The lowest BCUT2D eigenvalue weighted by atomic mass is 9.72. The van der Waals surface area contributed by atoms with Crippen molar-refractivity contribution in [2.45, 2.75) is 47.9 Å². The fourth-order valence-corrected chi connectivity index (χ4v) is 5.99. The second kappa shape index (κ2) is 8.86. The van der Waals surface area contributed by atoms with E-state index in [2.05, 4.69) is 56.9 Å². The molecule has 0 bridgehead atoms. The molecule has 1 fully saturated rings. The van der Waals surface area contributed by atoms with Crippen molar-refractivity contribution < 1.29 is 8.78 Å². The third-order valence-electron chi connectivity index (χ3n) is 6.34. The third kappa shape index (κ3) is 4.37. The summed E-state index contributed by atoms with van der Waals surface area (Å²) in [7, 11) is 0. The van der Waals surface area contributed by atoms with Crippen LogP contribution in [0.5, 0.6) is 0 Å². The van der Waals surface area contributed by atoms with E-state index in [-0.39, 0.29) is 31.7 Å². The lowest BCUT2D eigenvalue weighted by molar-refractivity contribution is 0.290. The van der Waals surface area contributed by atoms with Crippen molar-refractivity contribution >= 4 is 34.8 Å². The van der Waals surface area contributed by atoms with E-state index < -0.39 is 11.6 Å². The molecule has 7 heteroatoms. The monoisotopic (exact) mass is 540 g/mol. The van der Waals surface area contributed by atoms with Crippen LogP contribution in [0.15, 0.2) is 47.3 Å². The number of alkyl halides is 1. The molecule has 1 unspecified atom stereocenters. The molecule has 0 aliphatic heterocycles. The Balaban J connectivity index is 1.60. The molecule has 1 aromatic heterocycles. The molecule has 1 heterocycles. The number of H-pyrrole nitrogens is 2. The Morgan fingerprint density at radius 3 is 2.60 bits per heavy atom. The third-order valence-corrected chi connectivity index (χ3v) is 8.22. The number of allylic oxidation sites excluding steroid dienone is 4. The van der Waals surface area contributed by atoms with Crippen LogP contribution in [0, 0.1) is 22.3 Å². The fourth-order valence-electron chi connectivity index (χ4n) is 4.70. The summed E-state index contributed by atoms with van der Waals surface area (Å²) < 4.78 is 28.3. The van der Waals surface area contributed by atoms with Gasteiger partial charge in [0, 0.05) is 21.1 Å². The average molecular weight is 540 g/mol. The molecule has 1 atom stereocenters. The van der Waals surface area contributed by atoms with Gasteiger partial charge in [-0.3, -0.25) is 9.78 Å². The standard InChI is InChI=1S/C23H23F2IN2OS/c24-18-6-4-5-15(19(18)25)13-17-20(27-22(30)28-21(17)29)14-7-9-16(10-8-14)23(26)11-2-1-3-12-23/h1-6,11,14,16H,7-10,12-13H2,(H2,27,28,29,30)/t14-,16-,23?. The van der Waals surface area contributed by atoms with Crippen molar-refractivity contribution in [3.8, 4) is 0 Å². The fraction of sp³-hybridized carbons (Fsp3) is 0.391. The molecule has 30 heavy (non-hydrogen) atoms. The van der Waals surface area contributed by atoms with Gasteiger partial charge in [0.2, 0.25) is 0 Å². The van der Waals surface area contributed by atoms with Gasteiger partial charge in [0.25, 0.3) is 5.56 Å². The molecule has 1 aromatic carbocycles. The van der Waals surface area contributed by atoms with E-state index in [4.69, 9.17) is 12.2 Å². The Kier molecular flexibility index (Phi) is 6.39. The first-order valence-corrected chi connectivity index (χ1v) is 11.7. The lowest BCUT2D eigenvalue weighted by Gasteiger charge is -2.39. The summed E-state index contributed by atoms with van der Waals surface area (Å²) >= 11 is 7.78. The first-order chi connectivity index (χ1) is 14.4. The molecule has 2 aromatic rings. The van der Waals surface area contributed by atoms with Crippen molar-refractivity contribution in [2.24, 2.45) is 5.92 Å². The predicted octanol–water partition coefficient (Wildman–Crippen LogP) is 6.27. The molecule has 2 N–H and O–H groups in total. The van der Waals surface area contributed by atoms with E-state index in [1.165, 1.54) is 12.1 Å². The van der Waals surface area contributed by atoms with Crippen LogP contribution in [0.25, 0.3) is 0 Å². The number of hydrogen-bond donors (Lipinski definition) is 2. The highest BCUT2D eigenvalue weighted by molar-refractivity contribution is 14.1. The quantitative estimate of drug-likeness (QED) is 0.273. The minimum absolute atomic E-state index is 0.0318. The Hall–Kier alpha value is -1.61. The molecule has 158 valence electrons. The SMILES string of the molecule is O=c1[nH]c(=S)[nH]c([C@H]2CC[C@H](C3(I)C=CC=CC3)CC2)c1Cc1cccc(F)c1F. The summed E-state index contributed by atoms with van der Waals surface area (Å²) in [6.45, 7) is 0. The molecule has 1 saturated carbocycles. The maximum atomic E-state index is 14.2. The number of aromatic amines is 2. The predicted molar refractivity (Wildman–Crippen MR) is 126 cm³/mol. The topological polar surface area (TPSA) is 48.6 Å². The van der Waals surface area contributed by atoms with Gasteiger partial charge in [-0.2, -0.15) is 0 Å². The molecule has 4 rings (SSSR count). The minimum Gasteiger partial charge on any atom is -0.335 e. The molecule has 0 spiro atoms. The number of halogens is 3. The molecule has 0 saturated heterocycles. The van der Waals surface area contributed by atoms with Crippen LogP contribution in [-0.4, -0.2) is 13.4 Å². The van der Waals surface area contributed by atoms with E-state index in [1.807, 2.05) is 0 Å². The first kappa shape index (κ1) is 21.6. The van der Waals surface area contributed by atoms with Crippen molar-refractivity contribution in [1.82, 2.24) is 9.97 Å². The van der Waals surface area contributed by atoms with Crippen molar-refractivity contribution in [2.75, 3.05) is 0 Å². The highest BCUT2D eigenvalue weighted by atomic mass is 127. The maximum absolute atomic E-state index is 14.2. The summed E-state index contributed by atoms with van der Waals surface area (Å²) in [4.78, 5) is 18.5. The first-order valence-electron chi connectivity index (χ1n) is 10.2. The zero-order chi connectivity index (χ0) is 21.3. The van der Waals surface area contributed by atoms with Crippen LogP contribution in [-0.2, 0) is 6.42 Å². The van der Waals surface area contributed by atoms with Crippen LogP contribution >= 0.6 is 34.8 Å².